The van der Waals surface area contributed by atoms with Gasteiger partial charge in [0, 0.05) is 5.41 Å². The smallest absolute Gasteiger partial charge is 0.0272 e. The molecule has 5 aliphatic rings. The van der Waals surface area contributed by atoms with Crippen LogP contribution in [0.5, 0.6) is 0 Å². The highest BCUT2D eigenvalue weighted by Gasteiger charge is 2.61. The Morgan fingerprint density at radius 1 is 0.391 bits per heavy atom. The largest absolute Gasteiger partial charge is 0.0622 e. The van der Waals surface area contributed by atoms with Crippen molar-refractivity contribution in [3.63, 3.8) is 0 Å². The summed E-state index contributed by atoms with van der Waals surface area (Å²) in [6.07, 6.45) is 7.14. The fourth-order valence-electron chi connectivity index (χ4n) is 11.4. The maximum Gasteiger partial charge on any atom is 0.0272 e. The number of rotatable bonds is 2. The lowest BCUT2D eigenvalue weighted by molar-refractivity contribution is -0.0398. The highest BCUT2D eigenvalue weighted by atomic mass is 14.6. The fourth-order valence-corrected chi connectivity index (χ4v) is 11.4. The first-order valence-electron chi connectivity index (χ1n) is 17.4. The van der Waals surface area contributed by atoms with Gasteiger partial charge < -0.3 is 0 Å². The Kier molecular flexibility index (Phi) is 5.10. The van der Waals surface area contributed by atoms with Crippen LogP contribution in [0.2, 0.25) is 0 Å². The molecule has 7 aromatic rings. The Morgan fingerprint density at radius 3 is 1.50 bits per heavy atom. The highest BCUT2D eigenvalue weighted by Crippen LogP contribution is 2.69. The lowest BCUT2D eigenvalue weighted by Crippen LogP contribution is -2.55. The van der Waals surface area contributed by atoms with Gasteiger partial charge >= 0.3 is 0 Å². The number of hydrogen-bond donors (Lipinski definition) is 0. The summed E-state index contributed by atoms with van der Waals surface area (Å²) in [5.41, 5.74) is 11.7. The van der Waals surface area contributed by atoms with E-state index in [4.69, 9.17) is 0 Å². The van der Waals surface area contributed by atoms with Crippen LogP contribution in [0.3, 0.4) is 0 Å². The average molecular weight is 589 g/mol. The predicted octanol–water partition coefficient (Wildman–Crippen LogP) is 12.2. The second-order valence-corrected chi connectivity index (χ2v) is 14.9. The average Bonchev–Trinajstić information content (AvgIpc) is 3.37. The molecule has 5 aliphatic carbocycles. The molecule has 0 aliphatic heterocycles. The normalized spacial score (nSPS) is 25.5. The number of fused-ring (bicyclic) bond motifs is 6. The third-order valence-electron chi connectivity index (χ3n) is 12.8. The van der Waals surface area contributed by atoms with Crippen molar-refractivity contribution in [3.8, 4) is 33.4 Å². The summed E-state index contributed by atoms with van der Waals surface area (Å²) in [6.45, 7) is 0. The van der Waals surface area contributed by atoms with Crippen molar-refractivity contribution in [1.29, 1.82) is 0 Å². The van der Waals surface area contributed by atoms with Crippen molar-refractivity contribution >= 4 is 32.3 Å². The summed E-state index contributed by atoms with van der Waals surface area (Å²) in [7, 11) is 0. The first kappa shape index (κ1) is 25.5. The molecule has 7 aromatic carbocycles. The second-order valence-electron chi connectivity index (χ2n) is 14.9. The molecule has 0 amide bonds. The van der Waals surface area contributed by atoms with Gasteiger partial charge in [-0.15, -0.1) is 0 Å². The molecule has 220 valence electrons. The molecular weight excluding hydrogens is 553 g/mol. The van der Waals surface area contributed by atoms with E-state index in [2.05, 4.69) is 133 Å². The third-order valence-corrected chi connectivity index (χ3v) is 12.8. The maximum atomic E-state index is 2.62. The zero-order valence-corrected chi connectivity index (χ0v) is 26.0. The van der Waals surface area contributed by atoms with Crippen LogP contribution in [0.25, 0.3) is 65.7 Å². The minimum absolute atomic E-state index is 0.169. The van der Waals surface area contributed by atoms with Crippen LogP contribution in [-0.2, 0) is 5.41 Å². The maximum absolute atomic E-state index is 2.62. The van der Waals surface area contributed by atoms with Gasteiger partial charge in [-0.3, -0.25) is 0 Å². The van der Waals surface area contributed by atoms with Crippen LogP contribution in [-0.4, -0.2) is 0 Å². The highest BCUT2D eigenvalue weighted by molar-refractivity contribution is 6.21. The molecule has 0 atom stereocenters. The van der Waals surface area contributed by atoms with Crippen LogP contribution in [0, 0.1) is 23.7 Å². The van der Waals surface area contributed by atoms with Crippen molar-refractivity contribution in [2.45, 2.75) is 37.5 Å². The zero-order chi connectivity index (χ0) is 30.0. The SMILES string of the molecule is c1ccc(-c2c3ccccc3c(-c3ccc4c(c3)-c3cc5ccccc5cc3C43C4CC5CC(C4)CC3C5)c3ccccc23)cc1. The quantitative estimate of drug-likeness (QED) is 0.176. The summed E-state index contributed by atoms with van der Waals surface area (Å²) in [5, 5.41) is 8.08. The number of benzene rings is 7. The van der Waals surface area contributed by atoms with Gasteiger partial charge in [0.05, 0.1) is 0 Å². The van der Waals surface area contributed by atoms with Crippen molar-refractivity contribution in [2.75, 3.05) is 0 Å². The van der Waals surface area contributed by atoms with Crippen LogP contribution in [0.4, 0.5) is 0 Å². The molecular formula is C46H36. The van der Waals surface area contributed by atoms with Crippen LogP contribution >= 0.6 is 0 Å². The van der Waals surface area contributed by atoms with E-state index in [-0.39, 0.29) is 5.41 Å². The summed E-state index contributed by atoms with van der Waals surface area (Å²) in [4.78, 5) is 0. The van der Waals surface area contributed by atoms with Crippen LogP contribution in [0.15, 0.2) is 133 Å². The standard InChI is InChI=1S/C46H36/c1-2-10-30(11-3-1)44-36-14-6-8-16-38(36)45(39-17-9-7-15-37(39)44)33-18-19-42-40(26-33)41-25-31-12-4-5-13-32(31)27-43(41)46(42)34-21-28-20-29(23-34)24-35(46)22-28/h1-19,25-29,34-35H,20-24H2. The zero-order valence-electron chi connectivity index (χ0n) is 26.0. The van der Waals surface area contributed by atoms with E-state index >= 15 is 0 Å². The van der Waals surface area contributed by atoms with Gasteiger partial charge in [-0.2, -0.15) is 0 Å². The van der Waals surface area contributed by atoms with Crippen molar-refractivity contribution < 1.29 is 0 Å². The van der Waals surface area contributed by atoms with E-state index in [0.29, 0.717) is 0 Å². The van der Waals surface area contributed by atoms with Gasteiger partial charge in [0.1, 0.15) is 0 Å². The molecule has 0 unspecified atom stereocenters. The molecule has 4 saturated carbocycles. The molecule has 0 nitrogen and oxygen atoms in total. The molecule has 0 heterocycles. The summed E-state index contributed by atoms with van der Waals surface area (Å²) >= 11 is 0. The van der Waals surface area contributed by atoms with Crippen LogP contribution < -0.4 is 0 Å². The first-order chi connectivity index (χ1) is 22.8. The molecule has 0 radical (unpaired) electrons. The van der Waals surface area contributed by atoms with Crippen molar-refractivity contribution in [1.82, 2.24) is 0 Å². The van der Waals surface area contributed by atoms with E-state index in [0.717, 1.165) is 23.7 Å². The number of hydrogen-bond acceptors (Lipinski definition) is 0. The first-order valence-corrected chi connectivity index (χ1v) is 17.4. The van der Waals surface area contributed by atoms with E-state index in [1.807, 2.05) is 0 Å². The predicted molar refractivity (Wildman–Crippen MR) is 193 cm³/mol. The van der Waals surface area contributed by atoms with Crippen molar-refractivity contribution in [2.24, 2.45) is 23.7 Å². The second kappa shape index (κ2) is 9.20. The van der Waals surface area contributed by atoms with Gasteiger partial charge in [-0.1, -0.05) is 115 Å². The third kappa shape index (κ3) is 3.25. The Hall–Kier alpha value is -4.68. The summed E-state index contributed by atoms with van der Waals surface area (Å²) in [5.74, 6) is 3.42. The lowest BCUT2D eigenvalue weighted by atomic mass is 9.43. The molecule has 4 fully saturated rings. The molecule has 46 heavy (non-hydrogen) atoms. The minimum atomic E-state index is 0.169. The van der Waals surface area contributed by atoms with E-state index in [1.165, 1.54) is 97.8 Å². The van der Waals surface area contributed by atoms with E-state index in [1.54, 1.807) is 11.1 Å². The molecule has 4 bridgehead atoms. The van der Waals surface area contributed by atoms with Crippen LogP contribution in [0.1, 0.15) is 43.2 Å². The molecule has 0 heteroatoms. The fraction of sp³-hybridized carbons (Fsp3) is 0.217. The van der Waals surface area contributed by atoms with Gasteiger partial charge in [0.15, 0.2) is 0 Å². The van der Waals surface area contributed by atoms with E-state index < -0.39 is 0 Å². The Balaban J connectivity index is 1.21. The van der Waals surface area contributed by atoms with Gasteiger partial charge in [0.2, 0.25) is 0 Å². The molecule has 0 aromatic heterocycles. The van der Waals surface area contributed by atoms with Gasteiger partial charge in [-0.05, 0) is 151 Å². The van der Waals surface area contributed by atoms with Crippen molar-refractivity contribution in [3.05, 3.63) is 145 Å². The summed E-state index contributed by atoms with van der Waals surface area (Å²) < 4.78 is 0. The topological polar surface area (TPSA) is 0 Å². The monoisotopic (exact) mass is 588 g/mol. The molecule has 12 rings (SSSR count). The van der Waals surface area contributed by atoms with Gasteiger partial charge in [-0.25, -0.2) is 0 Å². The van der Waals surface area contributed by atoms with Gasteiger partial charge in [0.25, 0.3) is 0 Å². The Labute approximate surface area is 270 Å². The minimum Gasteiger partial charge on any atom is -0.0622 e. The molecule has 0 saturated heterocycles. The lowest BCUT2D eigenvalue weighted by Gasteiger charge is -2.61. The molecule has 0 N–H and O–H groups in total. The Morgan fingerprint density at radius 2 is 0.891 bits per heavy atom. The molecule has 1 spiro atoms. The summed E-state index contributed by atoms with van der Waals surface area (Å²) in [6, 6.07) is 51.0. The van der Waals surface area contributed by atoms with E-state index in [9.17, 15) is 0 Å². The Bertz CT molecular complexity index is 2290.